The molecule has 0 amide bonds. The summed E-state index contributed by atoms with van der Waals surface area (Å²) in [5.74, 6) is -0.967. The summed E-state index contributed by atoms with van der Waals surface area (Å²) >= 11 is 0. The average molecular weight is 206 g/mol. The number of carbonyl (C=O) groups is 1. The van der Waals surface area contributed by atoms with Crippen molar-refractivity contribution < 1.29 is 9.90 Å². The molecule has 0 radical (unpaired) electrons. The number of nitrogens with two attached hydrogens (primary N) is 1. The minimum atomic E-state index is -0.967. The van der Waals surface area contributed by atoms with Crippen LogP contribution in [-0.2, 0) is 4.79 Å². The molecular formula is C11H14N2O2. The molecule has 4 heteroatoms. The van der Waals surface area contributed by atoms with E-state index in [1.165, 1.54) is 6.08 Å². The number of nitrogens with one attached hydrogen (secondary N) is 1. The molecule has 1 aromatic carbocycles. The van der Waals surface area contributed by atoms with Gasteiger partial charge in [0.05, 0.1) is 11.4 Å². The first kappa shape index (κ1) is 11.1. The predicted octanol–water partition coefficient (Wildman–Crippen LogP) is 1.72. The van der Waals surface area contributed by atoms with Gasteiger partial charge in [-0.3, -0.25) is 0 Å². The lowest BCUT2D eigenvalue weighted by Gasteiger charge is -2.10. The second-order valence-corrected chi connectivity index (χ2v) is 3.16. The van der Waals surface area contributed by atoms with Crippen molar-refractivity contribution in [2.75, 3.05) is 18.1 Å². The maximum atomic E-state index is 10.4. The molecule has 4 nitrogen and oxygen atoms in total. The second kappa shape index (κ2) is 4.50. The second-order valence-electron chi connectivity index (χ2n) is 3.16. The Morgan fingerprint density at radius 1 is 1.53 bits per heavy atom. The third-order valence-electron chi connectivity index (χ3n) is 2.23. The van der Waals surface area contributed by atoms with Gasteiger partial charge in [-0.05, 0) is 30.2 Å². The molecule has 0 saturated carbocycles. The molecule has 0 aliphatic heterocycles. The molecule has 15 heavy (non-hydrogen) atoms. The van der Waals surface area contributed by atoms with Crippen LogP contribution in [0.1, 0.15) is 11.1 Å². The van der Waals surface area contributed by atoms with Crippen LogP contribution in [0.3, 0.4) is 0 Å². The summed E-state index contributed by atoms with van der Waals surface area (Å²) < 4.78 is 0. The molecule has 0 aliphatic carbocycles. The molecule has 0 unspecified atom stereocenters. The molecule has 0 bridgehead atoms. The lowest BCUT2D eigenvalue weighted by atomic mass is 10.0. The van der Waals surface area contributed by atoms with Gasteiger partial charge in [0.1, 0.15) is 0 Å². The molecule has 1 aromatic rings. The predicted molar refractivity (Wildman–Crippen MR) is 61.8 cm³/mol. The monoisotopic (exact) mass is 206 g/mol. The Kier molecular flexibility index (Phi) is 3.33. The molecular weight excluding hydrogens is 192 g/mol. The first-order valence-electron chi connectivity index (χ1n) is 4.54. The van der Waals surface area contributed by atoms with Crippen LogP contribution >= 0.6 is 0 Å². The fourth-order valence-electron chi connectivity index (χ4n) is 1.31. The van der Waals surface area contributed by atoms with Crippen LogP contribution in [0, 0.1) is 6.92 Å². The van der Waals surface area contributed by atoms with Crippen LogP contribution in [-0.4, -0.2) is 18.1 Å². The smallest absolute Gasteiger partial charge is 0.328 e. The zero-order chi connectivity index (χ0) is 11.4. The van der Waals surface area contributed by atoms with Gasteiger partial charge in [-0.15, -0.1) is 0 Å². The first-order chi connectivity index (χ1) is 7.06. The number of anilines is 2. The van der Waals surface area contributed by atoms with Crippen LogP contribution in [0.4, 0.5) is 11.4 Å². The Balaban J connectivity index is 3.12. The molecule has 0 heterocycles. The number of nitrogen functional groups attached to an aromatic ring is 1. The van der Waals surface area contributed by atoms with Gasteiger partial charge in [0.15, 0.2) is 0 Å². The Morgan fingerprint density at radius 3 is 2.73 bits per heavy atom. The topological polar surface area (TPSA) is 75.3 Å². The van der Waals surface area contributed by atoms with E-state index in [0.29, 0.717) is 5.69 Å². The van der Waals surface area contributed by atoms with Crippen molar-refractivity contribution in [3.8, 4) is 0 Å². The summed E-state index contributed by atoms with van der Waals surface area (Å²) in [4.78, 5) is 10.4. The van der Waals surface area contributed by atoms with Crippen LogP contribution in [0.2, 0.25) is 0 Å². The van der Waals surface area contributed by atoms with Crippen molar-refractivity contribution in [2.45, 2.75) is 6.92 Å². The molecule has 4 N–H and O–H groups in total. The van der Waals surface area contributed by atoms with E-state index in [0.717, 1.165) is 22.9 Å². The van der Waals surface area contributed by atoms with Crippen molar-refractivity contribution in [3.63, 3.8) is 0 Å². The van der Waals surface area contributed by atoms with Crippen molar-refractivity contribution in [1.29, 1.82) is 0 Å². The SMILES string of the molecule is CNc1ccc(/C=C/C(=O)O)c(C)c1N. The molecule has 80 valence electrons. The Morgan fingerprint density at radius 2 is 2.20 bits per heavy atom. The molecule has 1 rings (SSSR count). The number of benzene rings is 1. The third kappa shape index (κ3) is 2.49. The fourth-order valence-corrected chi connectivity index (χ4v) is 1.31. The van der Waals surface area contributed by atoms with Gasteiger partial charge in [-0.25, -0.2) is 4.79 Å². The quantitative estimate of drug-likeness (QED) is 0.520. The van der Waals surface area contributed by atoms with Crippen molar-refractivity contribution in [3.05, 3.63) is 29.3 Å². The minimum Gasteiger partial charge on any atom is -0.478 e. The minimum absolute atomic E-state index is 0.644. The average Bonchev–Trinajstić information content (AvgIpc) is 2.20. The maximum absolute atomic E-state index is 10.4. The Labute approximate surface area is 88.4 Å². The lowest BCUT2D eigenvalue weighted by molar-refractivity contribution is -0.131. The van der Waals surface area contributed by atoms with Crippen LogP contribution in [0.25, 0.3) is 6.08 Å². The molecule has 0 atom stereocenters. The highest BCUT2D eigenvalue weighted by atomic mass is 16.4. The summed E-state index contributed by atoms with van der Waals surface area (Å²) in [7, 11) is 1.79. The van der Waals surface area contributed by atoms with Crippen molar-refractivity contribution in [1.82, 2.24) is 0 Å². The highest BCUT2D eigenvalue weighted by molar-refractivity contribution is 5.86. The van der Waals surface area contributed by atoms with E-state index in [-0.39, 0.29) is 0 Å². The summed E-state index contributed by atoms with van der Waals surface area (Å²) in [5, 5.41) is 11.5. The van der Waals surface area contributed by atoms with Gasteiger partial charge in [-0.1, -0.05) is 6.07 Å². The van der Waals surface area contributed by atoms with Gasteiger partial charge in [-0.2, -0.15) is 0 Å². The zero-order valence-corrected chi connectivity index (χ0v) is 8.74. The van der Waals surface area contributed by atoms with Crippen molar-refractivity contribution >= 4 is 23.4 Å². The van der Waals surface area contributed by atoms with E-state index in [4.69, 9.17) is 10.8 Å². The number of hydrogen-bond donors (Lipinski definition) is 3. The first-order valence-corrected chi connectivity index (χ1v) is 4.54. The van der Waals surface area contributed by atoms with Crippen LogP contribution < -0.4 is 11.1 Å². The summed E-state index contributed by atoms with van der Waals surface area (Å²) in [6.45, 7) is 1.86. The van der Waals surface area contributed by atoms with Crippen molar-refractivity contribution in [2.24, 2.45) is 0 Å². The highest BCUT2D eigenvalue weighted by Crippen LogP contribution is 2.25. The number of rotatable bonds is 3. The van der Waals surface area contributed by atoms with E-state index >= 15 is 0 Å². The molecule has 0 aromatic heterocycles. The number of aliphatic carboxylic acids is 1. The van der Waals surface area contributed by atoms with E-state index in [9.17, 15) is 4.79 Å². The zero-order valence-electron chi connectivity index (χ0n) is 8.74. The van der Waals surface area contributed by atoms with Gasteiger partial charge in [0.25, 0.3) is 0 Å². The molecule has 0 fully saturated rings. The highest BCUT2D eigenvalue weighted by Gasteiger charge is 2.03. The molecule has 0 saturated heterocycles. The van der Waals surface area contributed by atoms with E-state index in [1.54, 1.807) is 7.05 Å². The van der Waals surface area contributed by atoms with Gasteiger partial charge in [0.2, 0.25) is 0 Å². The lowest BCUT2D eigenvalue weighted by Crippen LogP contribution is -1.99. The number of hydrogen-bond acceptors (Lipinski definition) is 3. The fraction of sp³-hybridized carbons (Fsp3) is 0.182. The Hall–Kier alpha value is -1.97. The Bertz CT molecular complexity index is 411. The van der Waals surface area contributed by atoms with Gasteiger partial charge in [0, 0.05) is 13.1 Å². The molecule has 0 aliphatic rings. The molecule has 0 spiro atoms. The normalized spacial score (nSPS) is 10.5. The largest absolute Gasteiger partial charge is 0.478 e. The van der Waals surface area contributed by atoms with E-state index < -0.39 is 5.97 Å². The third-order valence-corrected chi connectivity index (χ3v) is 2.23. The summed E-state index contributed by atoms with van der Waals surface area (Å²) in [6, 6.07) is 3.65. The van der Waals surface area contributed by atoms with E-state index in [2.05, 4.69) is 5.32 Å². The van der Waals surface area contributed by atoms with Gasteiger partial charge < -0.3 is 16.2 Å². The standard InChI is InChI=1S/C11H14N2O2/c1-7-8(4-6-10(14)15)3-5-9(13-2)11(7)12/h3-6,13H,12H2,1-2H3,(H,14,15)/b6-4+. The number of carboxylic acids is 1. The van der Waals surface area contributed by atoms with Crippen LogP contribution in [0.15, 0.2) is 18.2 Å². The summed E-state index contributed by atoms with van der Waals surface area (Å²) in [6.07, 6.45) is 2.63. The maximum Gasteiger partial charge on any atom is 0.328 e. The number of carboxylic acid groups (broad SMARTS) is 1. The van der Waals surface area contributed by atoms with E-state index in [1.807, 2.05) is 19.1 Å². The van der Waals surface area contributed by atoms with Gasteiger partial charge >= 0.3 is 5.97 Å². The van der Waals surface area contributed by atoms with Crippen LogP contribution in [0.5, 0.6) is 0 Å². The summed E-state index contributed by atoms with van der Waals surface area (Å²) in [5.41, 5.74) is 9.04.